The van der Waals surface area contributed by atoms with Crippen LogP contribution in [0.3, 0.4) is 0 Å². The first-order chi connectivity index (χ1) is 16.4. The molecular formula is C25H25N3O5S. The number of nitrogens with one attached hydrogen (secondary N) is 3. The van der Waals surface area contributed by atoms with Crippen molar-refractivity contribution in [2.24, 2.45) is 0 Å². The van der Waals surface area contributed by atoms with E-state index in [2.05, 4.69) is 15.6 Å². The Bertz CT molecular complexity index is 1390. The van der Waals surface area contributed by atoms with Gasteiger partial charge in [0.25, 0.3) is 0 Å². The fraction of sp³-hybridized carbons (Fsp3) is 0.200. The van der Waals surface area contributed by atoms with Crippen LogP contribution in [-0.4, -0.2) is 38.3 Å². The minimum atomic E-state index is -3.87. The summed E-state index contributed by atoms with van der Waals surface area (Å²) in [4.78, 5) is 27.9. The molecular weight excluding hydrogens is 454 g/mol. The number of carbonyl (C=O) groups excluding carboxylic acids is 2. The van der Waals surface area contributed by atoms with Crippen LogP contribution in [0.5, 0.6) is 0 Å². The summed E-state index contributed by atoms with van der Waals surface area (Å²) in [6.07, 6.45) is 3.78. The maximum Gasteiger partial charge on any atom is 0.309 e. The van der Waals surface area contributed by atoms with Gasteiger partial charge in [0.1, 0.15) is 11.0 Å². The molecule has 2 heterocycles. The first kappa shape index (κ1) is 23.3. The van der Waals surface area contributed by atoms with Crippen LogP contribution in [0.15, 0.2) is 82.4 Å². The second-order valence-electron chi connectivity index (χ2n) is 7.94. The van der Waals surface area contributed by atoms with Gasteiger partial charge < -0.3 is 20.0 Å². The standard InChI is InChI=1S/C25H25N3O5S/c1-17-8-10-19(11-9-17)34(31,32)23(22-7-4-14-33-22)16-28-25(30)24(29)26-13-12-18-15-27-21-6-3-2-5-20(18)21/h2-11,14-15,23,27H,12-13,16H2,1H3,(H,26,29)(H,28,30). The molecule has 0 saturated heterocycles. The molecule has 34 heavy (non-hydrogen) atoms. The highest BCUT2D eigenvalue weighted by Crippen LogP contribution is 2.29. The number of aryl methyl sites for hydroxylation is 1. The second-order valence-corrected chi connectivity index (χ2v) is 10.1. The van der Waals surface area contributed by atoms with Crippen molar-refractivity contribution in [1.82, 2.24) is 15.6 Å². The Morgan fingerprint density at radius 3 is 2.44 bits per heavy atom. The normalized spacial score (nSPS) is 12.4. The van der Waals surface area contributed by atoms with Crippen molar-refractivity contribution in [3.05, 3.63) is 90.0 Å². The molecule has 0 fully saturated rings. The number of H-pyrrole nitrogens is 1. The average Bonchev–Trinajstić information content (AvgIpc) is 3.50. The van der Waals surface area contributed by atoms with Gasteiger partial charge in [0.15, 0.2) is 9.84 Å². The molecule has 0 radical (unpaired) electrons. The number of hydrogen-bond donors (Lipinski definition) is 3. The molecule has 176 valence electrons. The minimum Gasteiger partial charge on any atom is -0.468 e. The van der Waals surface area contributed by atoms with Crippen LogP contribution in [-0.2, 0) is 25.8 Å². The van der Waals surface area contributed by atoms with Gasteiger partial charge in [-0.2, -0.15) is 0 Å². The first-order valence-electron chi connectivity index (χ1n) is 10.8. The number of amides is 2. The SMILES string of the molecule is Cc1ccc(S(=O)(=O)C(CNC(=O)C(=O)NCCc2c[nH]c3ccccc23)c2ccco2)cc1. The quantitative estimate of drug-likeness (QED) is 0.336. The number of furan rings is 1. The second kappa shape index (κ2) is 9.96. The fourth-order valence-electron chi connectivity index (χ4n) is 3.73. The van der Waals surface area contributed by atoms with Gasteiger partial charge in [0.05, 0.1) is 11.2 Å². The summed E-state index contributed by atoms with van der Waals surface area (Å²) in [6.45, 7) is 1.81. The summed E-state index contributed by atoms with van der Waals surface area (Å²) in [5.74, 6) is -1.55. The van der Waals surface area contributed by atoms with Gasteiger partial charge in [-0.25, -0.2) is 8.42 Å². The van der Waals surface area contributed by atoms with Crippen molar-refractivity contribution >= 4 is 32.6 Å². The molecule has 0 aliphatic carbocycles. The van der Waals surface area contributed by atoms with E-state index in [0.717, 1.165) is 22.0 Å². The molecule has 3 N–H and O–H groups in total. The molecule has 0 saturated carbocycles. The lowest BCUT2D eigenvalue weighted by Gasteiger charge is -2.16. The van der Waals surface area contributed by atoms with Gasteiger partial charge in [0, 0.05) is 30.2 Å². The smallest absolute Gasteiger partial charge is 0.309 e. The van der Waals surface area contributed by atoms with E-state index in [1.807, 2.05) is 37.4 Å². The van der Waals surface area contributed by atoms with E-state index in [9.17, 15) is 18.0 Å². The largest absolute Gasteiger partial charge is 0.468 e. The van der Waals surface area contributed by atoms with Crippen molar-refractivity contribution in [3.8, 4) is 0 Å². The highest BCUT2D eigenvalue weighted by molar-refractivity contribution is 7.91. The third kappa shape index (κ3) is 5.04. The third-order valence-electron chi connectivity index (χ3n) is 5.59. The van der Waals surface area contributed by atoms with Crippen LogP contribution >= 0.6 is 0 Å². The predicted octanol–water partition coefficient (Wildman–Crippen LogP) is 3.06. The summed E-state index contributed by atoms with van der Waals surface area (Å²) < 4.78 is 31.8. The summed E-state index contributed by atoms with van der Waals surface area (Å²) >= 11 is 0. The molecule has 2 amide bonds. The van der Waals surface area contributed by atoms with Crippen molar-refractivity contribution in [2.45, 2.75) is 23.5 Å². The van der Waals surface area contributed by atoms with Gasteiger partial charge in [-0.05, 0) is 49.2 Å². The number of sulfone groups is 1. The maximum absolute atomic E-state index is 13.2. The monoisotopic (exact) mass is 479 g/mol. The first-order valence-corrected chi connectivity index (χ1v) is 12.4. The summed E-state index contributed by atoms with van der Waals surface area (Å²) in [7, 11) is -3.87. The van der Waals surface area contributed by atoms with Crippen molar-refractivity contribution in [1.29, 1.82) is 0 Å². The minimum absolute atomic E-state index is 0.108. The van der Waals surface area contributed by atoms with E-state index in [4.69, 9.17) is 4.42 Å². The van der Waals surface area contributed by atoms with Gasteiger partial charge in [-0.1, -0.05) is 35.9 Å². The van der Waals surface area contributed by atoms with Gasteiger partial charge in [-0.3, -0.25) is 9.59 Å². The van der Waals surface area contributed by atoms with Crippen molar-refractivity contribution in [2.75, 3.05) is 13.1 Å². The van der Waals surface area contributed by atoms with E-state index in [1.165, 1.54) is 24.5 Å². The molecule has 2 aromatic heterocycles. The number of carbonyl (C=O) groups is 2. The lowest BCUT2D eigenvalue weighted by Crippen LogP contribution is -2.42. The number of hydrogen-bond acceptors (Lipinski definition) is 5. The molecule has 9 heteroatoms. The van der Waals surface area contributed by atoms with Crippen LogP contribution in [0.1, 0.15) is 22.1 Å². The van der Waals surface area contributed by atoms with Crippen molar-refractivity contribution < 1.29 is 22.4 Å². The fourth-order valence-corrected chi connectivity index (χ4v) is 5.31. The highest BCUT2D eigenvalue weighted by atomic mass is 32.2. The number of rotatable bonds is 8. The highest BCUT2D eigenvalue weighted by Gasteiger charge is 2.32. The van der Waals surface area contributed by atoms with Gasteiger partial charge in [-0.15, -0.1) is 0 Å². The Balaban J connectivity index is 1.37. The third-order valence-corrected chi connectivity index (χ3v) is 7.67. The number of aromatic nitrogens is 1. The molecule has 1 unspecified atom stereocenters. The molecule has 4 rings (SSSR count). The van der Waals surface area contributed by atoms with E-state index >= 15 is 0 Å². The van der Waals surface area contributed by atoms with E-state index < -0.39 is 26.9 Å². The van der Waals surface area contributed by atoms with E-state index in [-0.39, 0.29) is 23.7 Å². The average molecular weight is 480 g/mol. The van der Waals surface area contributed by atoms with Gasteiger partial charge in [0.2, 0.25) is 0 Å². The topological polar surface area (TPSA) is 121 Å². The molecule has 4 aromatic rings. The van der Waals surface area contributed by atoms with Crippen LogP contribution in [0.4, 0.5) is 0 Å². The Kier molecular flexibility index (Phi) is 6.83. The molecule has 0 aliphatic rings. The Morgan fingerprint density at radius 2 is 1.71 bits per heavy atom. The lowest BCUT2D eigenvalue weighted by atomic mass is 10.1. The van der Waals surface area contributed by atoms with Crippen LogP contribution in [0.2, 0.25) is 0 Å². The van der Waals surface area contributed by atoms with E-state index in [1.54, 1.807) is 18.2 Å². The molecule has 8 nitrogen and oxygen atoms in total. The summed E-state index contributed by atoms with van der Waals surface area (Å²) in [5.41, 5.74) is 2.95. The zero-order valence-corrected chi connectivity index (χ0v) is 19.4. The predicted molar refractivity (Wildman–Crippen MR) is 128 cm³/mol. The zero-order valence-electron chi connectivity index (χ0n) is 18.6. The number of fused-ring (bicyclic) bond motifs is 1. The molecule has 0 bridgehead atoms. The molecule has 0 aliphatic heterocycles. The Labute approximate surface area is 197 Å². The maximum atomic E-state index is 13.2. The molecule has 0 spiro atoms. The van der Waals surface area contributed by atoms with Crippen LogP contribution in [0, 0.1) is 6.92 Å². The van der Waals surface area contributed by atoms with E-state index in [0.29, 0.717) is 6.42 Å². The van der Waals surface area contributed by atoms with Crippen LogP contribution < -0.4 is 10.6 Å². The summed E-state index contributed by atoms with van der Waals surface area (Å²) in [5, 5.41) is 4.90. The zero-order chi connectivity index (χ0) is 24.1. The van der Waals surface area contributed by atoms with Gasteiger partial charge >= 0.3 is 11.8 Å². The Morgan fingerprint density at radius 1 is 0.971 bits per heavy atom. The number of para-hydroxylation sites is 1. The molecule has 1 atom stereocenters. The van der Waals surface area contributed by atoms with Crippen LogP contribution in [0.25, 0.3) is 10.9 Å². The van der Waals surface area contributed by atoms with Crippen molar-refractivity contribution in [3.63, 3.8) is 0 Å². The Hall–Kier alpha value is -3.85. The number of benzene rings is 2. The number of aromatic amines is 1. The lowest BCUT2D eigenvalue weighted by molar-refractivity contribution is -0.139. The molecule has 2 aromatic carbocycles. The summed E-state index contributed by atoms with van der Waals surface area (Å²) in [6, 6.07) is 17.4.